The Morgan fingerprint density at radius 3 is 2.25 bits per heavy atom. The van der Waals surface area contributed by atoms with E-state index in [0.29, 0.717) is 17.4 Å². The van der Waals surface area contributed by atoms with Gasteiger partial charge in [0.1, 0.15) is 0 Å². The Morgan fingerprint density at radius 1 is 0.825 bits per heavy atom. The van der Waals surface area contributed by atoms with Gasteiger partial charge in [-0.1, -0.05) is 54.6 Å². The molecule has 1 aliphatic heterocycles. The summed E-state index contributed by atoms with van der Waals surface area (Å²) in [4.78, 5) is 16.0. The highest BCUT2D eigenvalue weighted by Gasteiger charge is 2.39. The molecule has 0 saturated heterocycles. The maximum absolute atomic E-state index is 13.6. The van der Waals surface area contributed by atoms with Gasteiger partial charge in [0.25, 0.3) is 5.91 Å². The molecule has 5 heteroatoms. The van der Waals surface area contributed by atoms with Gasteiger partial charge in [-0.25, -0.2) is 0 Å². The Hall–Kier alpha value is -4.51. The Kier molecular flexibility index (Phi) is 7.28. The number of carbonyl (C=O) groups excluding carboxylic acids is 1. The monoisotopic (exact) mass is 528 g/mol. The first-order valence-electron chi connectivity index (χ1n) is 14.3. The van der Waals surface area contributed by atoms with Crippen LogP contribution in [0.2, 0.25) is 0 Å². The van der Waals surface area contributed by atoms with Crippen LogP contribution >= 0.6 is 0 Å². The van der Waals surface area contributed by atoms with E-state index in [1.807, 2.05) is 66.7 Å². The number of benzene rings is 4. The standard InChI is InChI=1S/C35H36N4O/c1-3-39(4-2)28-22-16-24(17-23-28)33-30-13-8-12-29(30)31-14-9-15-32(34(31)38-33)35(40)37-27-20-18-26(19-21-27)36-25-10-6-5-7-11-25/h5-12,14-23,29-30,33,36,38H,3-4,13H2,1-2H3,(H,37,40). The maximum atomic E-state index is 13.6. The number of para-hydroxylation sites is 2. The number of amides is 1. The van der Waals surface area contributed by atoms with E-state index in [-0.39, 0.29) is 11.9 Å². The molecule has 6 rings (SSSR count). The number of nitrogens with one attached hydrogen (secondary N) is 3. The largest absolute Gasteiger partial charge is 0.377 e. The average molecular weight is 529 g/mol. The fraction of sp³-hybridized carbons (Fsp3) is 0.229. The molecule has 4 aromatic carbocycles. The summed E-state index contributed by atoms with van der Waals surface area (Å²) in [7, 11) is 0. The quantitative estimate of drug-likeness (QED) is 0.201. The van der Waals surface area contributed by atoms with Crippen LogP contribution < -0.4 is 20.9 Å². The van der Waals surface area contributed by atoms with Gasteiger partial charge in [-0.05, 0) is 91.9 Å². The van der Waals surface area contributed by atoms with E-state index in [1.54, 1.807) is 0 Å². The zero-order valence-electron chi connectivity index (χ0n) is 23.1. The molecule has 4 aromatic rings. The van der Waals surface area contributed by atoms with Crippen molar-refractivity contribution in [3.8, 4) is 0 Å². The topological polar surface area (TPSA) is 56.4 Å². The molecule has 0 spiro atoms. The summed E-state index contributed by atoms with van der Waals surface area (Å²) < 4.78 is 0. The number of carbonyl (C=O) groups is 1. The number of nitrogens with zero attached hydrogens (tertiary/aromatic N) is 1. The van der Waals surface area contributed by atoms with Crippen molar-refractivity contribution in [3.63, 3.8) is 0 Å². The minimum absolute atomic E-state index is 0.107. The van der Waals surface area contributed by atoms with Crippen LogP contribution in [0, 0.1) is 5.92 Å². The molecular weight excluding hydrogens is 492 g/mol. The lowest BCUT2D eigenvalue weighted by Crippen LogP contribution is -2.31. The lowest BCUT2D eigenvalue weighted by Gasteiger charge is -2.38. The van der Waals surface area contributed by atoms with Crippen LogP contribution in [0.25, 0.3) is 0 Å². The molecular formula is C35H36N4O. The molecule has 1 aliphatic carbocycles. The number of allylic oxidation sites excluding steroid dienone is 2. The van der Waals surface area contributed by atoms with E-state index >= 15 is 0 Å². The number of hydrogen-bond acceptors (Lipinski definition) is 4. The van der Waals surface area contributed by atoms with Gasteiger partial charge in [-0.2, -0.15) is 0 Å². The van der Waals surface area contributed by atoms with Crippen molar-refractivity contribution >= 4 is 34.3 Å². The highest BCUT2D eigenvalue weighted by atomic mass is 16.1. The second-order valence-electron chi connectivity index (χ2n) is 10.5. The first-order valence-corrected chi connectivity index (χ1v) is 14.3. The smallest absolute Gasteiger partial charge is 0.257 e. The number of rotatable bonds is 8. The fourth-order valence-electron chi connectivity index (χ4n) is 6.15. The molecule has 202 valence electrons. The molecule has 1 amide bonds. The highest BCUT2D eigenvalue weighted by Crippen LogP contribution is 2.50. The molecule has 3 N–H and O–H groups in total. The molecule has 3 atom stereocenters. The summed E-state index contributed by atoms with van der Waals surface area (Å²) in [6, 6.07) is 33.1. The van der Waals surface area contributed by atoms with Gasteiger partial charge >= 0.3 is 0 Å². The molecule has 0 fully saturated rings. The number of fused-ring (bicyclic) bond motifs is 3. The molecule has 0 radical (unpaired) electrons. The summed E-state index contributed by atoms with van der Waals surface area (Å²) >= 11 is 0. The third-order valence-corrected chi connectivity index (χ3v) is 8.23. The van der Waals surface area contributed by atoms with Crippen molar-refractivity contribution in [2.75, 3.05) is 33.9 Å². The van der Waals surface area contributed by atoms with E-state index in [2.05, 4.69) is 77.2 Å². The van der Waals surface area contributed by atoms with Crippen LogP contribution in [0.15, 0.2) is 109 Å². The van der Waals surface area contributed by atoms with Gasteiger partial charge in [0.15, 0.2) is 0 Å². The third-order valence-electron chi connectivity index (χ3n) is 8.23. The predicted octanol–water partition coefficient (Wildman–Crippen LogP) is 8.36. The predicted molar refractivity (Wildman–Crippen MR) is 167 cm³/mol. The Bertz CT molecular complexity index is 1490. The minimum Gasteiger partial charge on any atom is -0.377 e. The van der Waals surface area contributed by atoms with Crippen molar-refractivity contribution in [3.05, 3.63) is 126 Å². The van der Waals surface area contributed by atoms with Gasteiger partial charge in [0.05, 0.1) is 17.3 Å². The summed E-state index contributed by atoms with van der Waals surface area (Å²) in [6.07, 6.45) is 5.64. The van der Waals surface area contributed by atoms with Crippen LogP contribution in [0.3, 0.4) is 0 Å². The lowest BCUT2D eigenvalue weighted by molar-refractivity contribution is 0.102. The second-order valence-corrected chi connectivity index (χ2v) is 10.5. The average Bonchev–Trinajstić information content (AvgIpc) is 3.50. The van der Waals surface area contributed by atoms with E-state index in [1.165, 1.54) is 16.8 Å². The summed E-state index contributed by atoms with van der Waals surface area (Å²) in [5.74, 6) is 0.610. The van der Waals surface area contributed by atoms with Gasteiger partial charge in [-0.15, -0.1) is 0 Å². The summed E-state index contributed by atoms with van der Waals surface area (Å²) in [5, 5.41) is 10.3. The summed E-state index contributed by atoms with van der Waals surface area (Å²) in [6.45, 7) is 6.36. The van der Waals surface area contributed by atoms with E-state index in [0.717, 1.165) is 42.3 Å². The molecule has 3 unspecified atom stereocenters. The Morgan fingerprint density at radius 2 is 1.52 bits per heavy atom. The fourth-order valence-corrected chi connectivity index (χ4v) is 6.15. The van der Waals surface area contributed by atoms with Crippen LogP contribution in [0.4, 0.5) is 28.4 Å². The maximum Gasteiger partial charge on any atom is 0.257 e. The van der Waals surface area contributed by atoms with Gasteiger partial charge in [-0.3, -0.25) is 4.79 Å². The number of hydrogen-bond donors (Lipinski definition) is 3. The van der Waals surface area contributed by atoms with Crippen molar-refractivity contribution in [2.24, 2.45) is 5.92 Å². The highest BCUT2D eigenvalue weighted by molar-refractivity contribution is 6.08. The summed E-state index contributed by atoms with van der Waals surface area (Å²) in [5.41, 5.74) is 8.08. The molecule has 40 heavy (non-hydrogen) atoms. The van der Waals surface area contributed by atoms with Gasteiger partial charge < -0.3 is 20.9 Å². The normalized spacial score (nSPS) is 18.8. The van der Waals surface area contributed by atoms with Gasteiger partial charge in [0.2, 0.25) is 0 Å². The Labute approximate surface area is 236 Å². The molecule has 1 heterocycles. The lowest BCUT2D eigenvalue weighted by atomic mass is 9.76. The molecule has 2 aliphatic rings. The van der Waals surface area contributed by atoms with Crippen LogP contribution in [0.5, 0.6) is 0 Å². The van der Waals surface area contributed by atoms with E-state index < -0.39 is 0 Å². The molecule has 0 bridgehead atoms. The zero-order chi connectivity index (χ0) is 27.5. The molecule has 0 saturated carbocycles. The van der Waals surface area contributed by atoms with Crippen molar-refractivity contribution < 1.29 is 4.79 Å². The van der Waals surface area contributed by atoms with Crippen molar-refractivity contribution in [2.45, 2.75) is 32.2 Å². The van der Waals surface area contributed by atoms with Crippen LogP contribution in [0.1, 0.15) is 53.7 Å². The second kappa shape index (κ2) is 11.3. The third kappa shape index (κ3) is 5.07. The van der Waals surface area contributed by atoms with Crippen LogP contribution in [-0.2, 0) is 0 Å². The van der Waals surface area contributed by atoms with Crippen LogP contribution in [-0.4, -0.2) is 19.0 Å². The first-order chi connectivity index (χ1) is 19.6. The SMILES string of the molecule is CCN(CC)c1ccc(C2Nc3c(C(=O)Nc4ccc(Nc5ccccc5)cc4)cccc3C3C=CCC32)cc1. The van der Waals surface area contributed by atoms with Gasteiger partial charge in [0, 0.05) is 41.8 Å². The number of anilines is 5. The van der Waals surface area contributed by atoms with E-state index in [4.69, 9.17) is 0 Å². The molecule has 5 nitrogen and oxygen atoms in total. The first kappa shape index (κ1) is 25.8. The van der Waals surface area contributed by atoms with E-state index in [9.17, 15) is 4.79 Å². The van der Waals surface area contributed by atoms with Crippen molar-refractivity contribution in [1.82, 2.24) is 0 Å². The Balaban J connectivity index is 1.23. The van der Waals surface area contributed by atoms with Crippen molar-refractivity contribution in [1.29, 1.82) is 0 Å². The molecule has 0 aromatic heterocycles. The minimum atomic E-state index is -0.107. The zero-order valence-corrected chi connectivity index (χ0v) is 23.1.